The Hall–Kier alpha value is -2.96. The number of halogens is 1. The van der Waals surface area contributed by atoms with E-state index in [4.69, 9.17) is 0 Å². The number of anilines is 2. The van der Waals surface area contributed by atoms with Crippen LogP contribution in [0.25, 0.3) is 0 Å². The van der Waals surface area contributed by atoms with E-state index in [0.717, 1.165) is 6.07 Å². The predicted octanol–water partition coefficient (Wildman–Crippen LogP) is 3.03. The molecular formula is C14H12FN3O3. The Morgan fingerprint density at radius 1 is 1.24 bits per heavy atom. The Labute approximate surface area is 119 Å². The van der Waals surface area contributed by atoms with Gasteiger partial charge < -0.3 is 10.6 Å². The average molecular weight is 289 g/mol. The van der Waals surface area contributed by atoms with E-state index >= 15 is 0 Å². The van der Waals surface area contributed by atoms with E-state index in [2.05, 4.69) is 10.6 Å². The van der Waals surface area contributed by atoms with E-state index in [0.29, 0.717) is 5.69 Å². The number of carbonyl (C=O) groups excluding carboxylic acids is 1. The van der Waals surface area contributed by atoms with Crippen molar-refractivity contribution >= 4 is 23.0 Å². The standard InChI is InChI=1S/C14H12FN3O3/c1-16-13-6-5-11(18(20)21)8-12(13)14(19)17-10-4-2-3-9(15)7-10/h2-8,16H,1H3,(H,17,19). The van der Waals surface area contributed by atoms with E-state index in [1.807, 2.05) is 0 Å². The third kappa shape index (κ3) is 3.33. The first kappa shape index (κ1) is 14.4. The van der Waals surface area contributed by atoms with Crippen LogP contribution in [0.4, 0.5) is 21.5 Å². The highest BCUT2D eigenvalue weighted by Crippen LogP contribution is 2.23. The summed E-state index contributed by atoms with van der Waals surface area (Å²) in [6, 6.07) is 9.30. The van der Waals surface area contributed by atoms with Crippen LogP contribution < -0.4 is 10.6 Å². The minimum atomic E-state index is -0.585. The highest BCUT2D eigenvalue weighted by atomic mass is 19.1. The summed E-state index contributed by atoms with van der Waals surface area (Å²) in [6.45, 7) is 0. The van der Waals surface area contributed by atoms with Gasteiger partial charge in [-0.05, 0) is 24.3 Å². The fraction of sp³-hybridized carbons (Fsp3) is 0.0714. The summed E-state index contributed by atoms with van der Waals surface area (Å²) < 4.78 is 13.1. The van der Waals surface area contributed by atoms with Crippen molar-refractivity contribution in [3.05, 3.63) is 64.0 Å². The number of carbonyl (C=O) groups is 1. The van der Waals surface area contributed by atoms with Gasteiger partial charge in [0.05, 0.1) is 10.5 Å². The van der Waals surface area contributed by atoms with Gasteiger partial charge >= 0.3 is 0 Å². The predicted molar refractivity (Wildman–Crippen MR) is 77.0 cm³/mol. The Balaban J connectivity index is 2.33. The Bertz CT molecular complexity index is 704. The molecule has 0 aromatic heterocycles. The monoisotopic (exact) mass is 289 g/mol. The lowest BCUT2D eigenvalue weighted by Crippen LogP contribution is -2.14. The molecule has 0 saturated heterocycles. The first-order valence-electron chi connectivity index (χ1n) is 6.04. The van der Waals surface area contributed by atoms with E-state index in [1.54, 1.807) is 7.05 Å². The number of hydrogen-bond acceptors (Lipinski definition) is 4. The normalized spacial score (nSPS) is 10.0. The van der Waals surface area contributed by atoms with Crippen molar-refractivity contribution in [1.82, 2.24) is 0 Å². The van der Waals surface area contributed by atoms with Crippen molar-refractivity contribution in [3.63, 3.8) is 0 Å². The van der Waals surface area contributed by atoms with Gasteiger partial charge in [-0.3, -0.25) is 14.9 Å². The van der Waals surface area contributed by atoms with E-state index in [-0.39, 0.29) is 16.9 Å². The first-order chi connectivity index (χ1) is 10.0. The van der Waals surface area contributed by atoms with Gasteiger partial charge in [0.2, 0.25) is 0 Å². The van der Waals surface area contributed by atoms with Gasteiger partial charge in [0.25, 0.3) is 11.6 Å². The van der Waals surface area contributed by atoms with Gasteiger partial charge in [-0.2, -0.15) is 0 Å². The van der Waals surface area contributed by atoms with Crippen LogP contribution in [0.5, 0.6) is 0 Å². The second-order valence-corrected chi connectivity index (χ2v) is 4.20. The highest BCUT2D eigenvalue weighted by Gasteiger charge is 2.16. The molecule has 0 radical (unpaired) electrons. The van der Waals surface area contributed by atoms with Crippen molar-refractivity contribution < 1.29 is 14.1 Å². The van der Waals surface area contributed by atoms with Crippen LogP contribution in [0.1, 0.15) is 10.4 Å². The van der Waals surface area contributed by atoms with Crippen LogP contribution in [0.15, 0.2) is 42.5 Å². The summed E-state index contributed by atoms with van der Waals surface area (Å²) in [4.78, 5) is 22.4. The Kier molecular flexibility index (Phi) is 4.13. The number of nitro groups is 1. The number of benzene rings is 2. The van der Waals surface area contributed by atoms with Crippen molar-refractivity contribution in [1.29, 1.82) is 0 Å². The van der Waals surface area contributed by atoms with E-state index in [1.165, 1.54) is 36.4 Å². The molecule has 0 saturated carbocycles. The topological polar surface area (TPSA) is 84.3 Å². The number of rotatable bonds is 4. The summed E-state index contributed by atoms with van der Waals surface area (Å²) >= 11 is 0. The number of nitrogens with one attached hydrogen (secondary N) is 2. The molecular weight excluding hydrogens is 277 g/mol. The van der Waals surface area contributed by atoms with Crippen LogP contribution in [0.2, 0.25) is 0 Å². The Morgan fingerprint density at radius 2 is 2.00 bits per heavy atom. The molecule has 2 rings (SSSR count). The molecule has 0 unspecified atom stereocenters. The maximum absolute atomic E-state index is 13.1. The fourth-order valence-electron chi connectivity index (χ4n) is 1.82. The molecule has 108 valence electrons. The van der Waals surface area contributed by atoms with Gasteiger partial charge in [0.1, 0.15) is 5.82 Å². The van der Waals surface area contributed by atoms with Crippen LogP contribution in [0.3, 0.4) is 0 Å². The molecule has 6 nitrogen and oxygen atoms in total. The van der Waals surface area contributed by atoms with Gasteiger partial charge in [-0.1, -0.05) is 6.07 Å². The molecule has 0 fully saturated rings. The second-order valence-electron chi connectivity index (χ2n) is 4.20. The zero-order valence-corrected chi connectivity index (χ0v) is 11.1. The molecule has 2 aromatic carbocycles. The first-order valence-corrected chi connectivity index (χ1v) is 6.04. The van der Waals surface area contributed by atoms with Gasteiger partial charge in [-0.15, -0.1) is 0 Å². The molecule has 2 aromatic rings. The molecule has 7 heteroatoms. The molecule has 0 aliphatic rings. The molecule has 1 amide bonds. The second kappa shape index (κ2) is 6.00. The van der Waals surface area contributed by atoms with E-state index < -0.39 is 16.6 Å². The van der Waals surface area contributed by atoms with Crippen molar-refractivity contribution in [2.45, 2.75) is 0 Å². The fourth-order valence-corrected chi connectivity index (χ4v) is 1.82. The summed E-state index contributed by atoms with van der Waals surface area (Å²) in [5.74, 6) is -1.05. The summed E-state index contributed by atoms with van der Waals surface area (Å²) in [5, 5.41) is 16.1. The lowest BCUT2D eigenvalue weighted by molar-refractivity contribution is -0.384. The average Bonchev–Trinajstić information content (AvgIpc) is 2.46. The van der Waals surface area contributed by atoms with Crippen LogP contribution in [-0.2, 0) is 0 Å². The zero-order chi connectivity index (χ0) is 15.4. The zero-order valence-electron chi connectivity index (χ0n) is 11.1. The number of nitro benzene ring substituents is 1. The summed E-state index contributed by atoms with van der Waals surface area (Å²) in [7, 11) is 1.60. The molecule has 0 bridgehead atoms. The molecule has 0 atom stereocenters. The maximum atomic E-state index is 13.1. The largest absolute Gasteiger partial charge is 0.387 e. The minimum absolute atomic E-state index is 0.107. The molecule has 21 heavy (non-hydrogen) atoms. The van der Waals surface area contributed by atoms with Crippen molar-refractivity contribution in [3.8, 4) is 0 Å². The Morgan fingerprint density at radius 3 is 2.62 bits per heavy atom. The van der Waals surface area contributed by atoms with Crippen molar-refractivity contribution in [2.75, 3.05) is 17.7 Å². The van der Waals surface area contributed by atoms with Crippen molar-refractivity contribution in [2.24, 2.45) is 0 Å². The SMILES string of the molecule is CNc1ccc([N+](=O)[O-])cc1C(=O)Nc1cccc(F)c1. The van der Waals surface area contributed by atoms with Crippen LogP contribution >= 0.6 is 0 Å². The smallest absolute Gasteiger partial charge is 0.270 e. The highest BCUT2D eigenvalue weighted by molar-refractivity contribution is 6.08. The third-order valence-corrected chi connectivity index (χ3v) is 2.81. The number of amides is 1. The molecule has 0 aliphatic heterocycles. The number of hydrogen-bond donors (Lipinski definition) is 2. The number of non-ortho nitro benzene ring substituents is 1. The lowest BCUT2D eigenvalue weighted by Gasteiger charge is -2.10. The molecule has 0 aliphatic carbocycles. The lowest BCUT2D eigenvalue weighted by atomic mass is 10.1. The summed E-state index contributed by atoms with van der Waals surface area (Å²) in [5.41, 5.74) is 0.623. The van der Waals surface area contributed by atoms with E-state index in [9.17, 15) is 19.3 Å². The van der Waals surface area contributed by atoms with Gasteiger partial charge in [0, 0.05) is 30.6 Å². The summed E-state index contributed by atoms with van der Waals surface area (Å²) in [6.07, 6.45) is 0. The maximum Gasteiger partial charge on any atom is 0.270 e. The van der Waals surface area contributed by atoms with Gasteiger partial charge in [-0.25, -0.2) is 4.39 Å². The minimum Gasteiger partial charge on any atom is -0.387 e. The molecule has 2 N–H and O–H groups in total. The van der Waals surface area contributed by atoms with Crippen LogP contribution in [0, 0.1) is 15.9 Å². The molecule has 0 spiro atoms. The molecule has 0 heterocycles. The third-order valence-electron chi connectivity index (χ3n) is 2.81. The number of nitrogens with zero attached hydrogens (tertiary/aromatic N) is 1. The van der Waals surface area contributed by atoms with Gasteiger partial charge in [0.15, 0.2) is 0 Å². The van der Waals surface area contributed by atoms with Crippen LogP contribution in [-0.4, -0.2) is 17.9 Å². The quantitative estimate of drug-likeness (QED) is 0.669.